The number of benzene rings is 1. The lowest BCUT2D eigenvalue weighted by atomic mass is 10.1. The predicted octanol–water partition coefficient (Wildman–Crippen LogP) is 1.04. The number of carbonyl (C=O) groups is 1. The maximum absolute atomic E-state index is 13.4. The minimum atomic E-state index is -0.229. The second-order valence-electron chi connectivity index (χ2n) is 5.38. The zero-order valence-corrected chi connectivity index (χ0v) is 12.1. The standard InChI is InChI=1S/C15H22FN3O/c1-11-3-4-13(7-14(11)16)9-18-15(20)10-19-6-5-17-8-12(19)2/h3-4,7,12,17H,5-6,8-10H2,1-2H3,(H,18,20)/t12-/m0/s1. The lowest BCUT2D eigenvalue weighted by Gasteiger charge is -2.33. The van der Waals surface area contributed by atoms with Gasteiger partial charge in [-0.15, -0.1) is 0 Å². The minimum Gasteiger partial charge on any atom is -0.351 e. The Morgan fingerprint density at radius 1 is 1.55 bits per heavy atom. The molecule has 4 nitrogen and oxygen atoms in total. The quantitative estimate of drug-likeness (QED) is 0.866. The van der Waals surface area contributed by atoms with E-state index in [2.05, 4.69) is 22.5 Å². The van der Waals surface area contributed by atoms with Crippen LogP contribution in [0, 0.1) is 12.7 Å². The van der Waals surface area contributed by atoms with Crippen LogP contribution in [0.15, 0.2) is 18.2 Å². The molecule has 0 radical (unpaired) electrons. The predicted molar refractivity (Wildman–Crippen MR) is 76.9 cm³/mol. The van der Waals surface area contributed by atoms with Crippen molar-refractivity contribution in [2.45, 2.75) is 26.4 Å². The summed E-state index contributed by atoms with van der Waals surface area (Å²) in [7, 11) is 0. The average Bonchev–Trinajstić information content (AvgIpc) is 2.43. The number of carbonyl (C=O) groups excluding carboxylic acids is 1. The molecule has 0 spiro atoms. The van der Waals surface area contributed by atoms with Gasteiger partial charge in [0.1, 0.15) is 5.82 Å². The first-order valence-electron chi connectivity index (χ1n) is 7.03. The molecule has 5 heteroatoms. The van der Waals surface area contributed by atoms with Gasteiger partial charge in [0.05, 0.1) is 6.54 Å². The molecule has 1 amide bonds. The molecule has 1 aliphatic rings. The molecular weight excluding hydrogens is 257 g/mol. The number of rotatable bonds is 4. The van der Waals surface area contributed by atoms with E-state index in [0.717, 1.165) is 25.2 Å². The van der Waals surface area contributed by atoms with Crippen LogP contribution >= 0.6 is 0 Å². The van der Waals surface area contributed by atoms with E-state index in [0.29, 0.717) is 24.7 Å². The van der Waals surface area contributed by atoms with E-state index in [1.54, 1.807) is 13.0 Å². The third kappa shape index (κ3) is 4.02. The Bertz CT molecular complexity index is 478. The van der Waals surface area contributed by atoms with E-state index in [4.69, 9.17) is 0 Å². The molecule has 1 heterocycles. The van der Waals surface area contributed by atoms with Crippen LogP contribution in [0.1, 0.15) is 18.1 Å². The van der Waals surface area contributed by atoms with Gasteiger partial charge in [-0.05, 0) is 31.0 Å². The molecule has 1 aromatic rings. The Hall–Kier alpha value is -1.46. The SMILES string of the molecule is Cc1ccc(CNC(=O)CN2CCNC[C@@H]2C)cc1F. The number of hydrogen-bond donors (Lipinski definition) is 2. The number of hydrogen-bond acceptors (Lipinski definition) is 3. The lowest BCUT2D eigenvalue weighted by Crippen LogP contribution is -2.52. The second-order valence-corrected chi connectivity index (χ2v) is 5.38. The molecule has 1 atom stereocenters. The van der Waals surface area contributed by atoms with Crippen molar-refractivity contribution in [1.29, 1.82) is 0 Å². The zero-order chi connectivity index (χ0) is 14.5. The normalized spacial score (nSPS) is 19.9. The van der Waals surface area contributed by atoms with Gasteiger partial charge in [0.25, 0.3) is 0 Å². The number of aryl methyl sites for hydroxylation is 1. The van der Waals surface area contributed by atoms with Crippen molar-refractivity contribution in [3.05, 3.63) is 35.1 Å². The first kappa shape index (κ1) is 14.9. The van der Waals surface area contributed by atoms with Gasteiger partial charge in [-0.25, -0.2) is 4.39 Å². The Morgan fingerprint density at radius 3 is 3.05 bits per heavy atom. The fraction of sp³-hybridized carbons (Fsp3) is 0.533. The summed E-state index contributed by atoms with van der Waals surface area (Å²) in [6.07, 6.45) is 0. The summed E-state index contributed by atoms with van der Waals surface area (Å²) in [5, 5.41) is 6.14. The summed E-state index contributed by atoms with van der Waals surface area (Å²) in [5.74, 6) is -0.243. The Kier molecular flexibility index (Phi) is 5.09. The van der Waals surface area contributed by atoms with Crippen molar-refractivity contribution in [3.8, 4) is 0 Å². The van der Waals surface area contributed by atoms with Gasteiger partial charge in [-0.3, -0.25) is 9.69 Å². The van der Waals surface area contributed by atoms with Crippen LogP contribution in [-0.2, 0) is 11.3 Å². The fourth-order valence-electron chi connectivity index (χ4n) is 2.31. The van der Waals surface area contributed by atoms with Gasteiger partial charge < -0.3 is 10.6 Å². The van der Waals surface area contributed by atoms with Crippen LogP contribution in [0.4, 0.5) is 4.39 Å². The summed E-state index contributed by atoms with van der Waals surface area (Å²) in [4.78, 5) is 14.1. The van der Waals surface area contributed by atoms with Gasteiger partial charge in [0, 0.05) is 32.2 Å². The number of piperazine rings is 1. The zero-order valence-electron chi connectivity index (χ0n) is 12.1. The molecule has 0 saturated carbocycles. The molecule has 20 heavy (non-hydrogen) atoms. The van der Waals surface area contributed by atoms with Crippen LogP contribution in [-0.4, -0.2) is 43.0 Å². The van der Waals surface area contributed by atoms with Crippen LogP contribution in [0.2, 0.25) is 0 Å². The molecule has 2 rings (SSSR count). The third-order valence-electron chi connectivity index (χ3n) is 3.71. The average molecular weight is 279 g/mol. The molecule has 0 unspecified atom stereocenters. The highest BCUT2D eigenvalue weighted by Gasteiger charge is 2.19. The van der Waals surface area contributed by atoms with Crippen LogP contribution in [0.3, 0.4) is 0 Å². The third-order valence-corrected chi connectivity index (χ3v) is 3.71. The Balaban J connectivity index is 1.81. The van der Waals surface area contributed by atoms with E-state index in [-0.39, 0.29) is 11.7 Å². The summed E-state index contributed by atoms with van der Waals surface area (Å²) < 4.78 is 13.4. The van der Waals surface area contributed by atoms with Crippen molar-refractivity contribution in [2.24, 2.45) is 0 Å². The molecule has 1 fully saturated rings. The number of nitrogens with zero attached hydrogens (tertiary/aromatic N) is 1. The summed E-state index contributed by atoms with van der Waals surface area (Å²) in [6.45, 7) is 7.32. The largest absolute Gasteiger partial charge is 0.351 e. The minimum absolute atomic E-state index is 0.0141. The van der Waals surface area contributed by atoms with Crippen LogP contribution in [0.25, 0.3) is 0 Å². The highest BCUT2D eigenvalue weighted by molar-refractivity contribution is 5.78. The molecule has 1 saturated heterocycles. The number of halogens is 1. The van der Waals surface area contributed by atoms with Gasteiger partial charge in [0.15, 0.2) is 0 Å². The molecule has 1 aliphatic heterocycles. The van der Waals surface area contributed by atoms with Crippen molar-refractivity contribution in [3.63, 3.8) is 0 Å². The topological polar surface area (TPSA) is 44.4 Å². The molecular formula is C15H22FN3O. The van der Waals surface area contributed by atoms with Gasteiger partial charge in [-0.1, -0.05) is 12.1 Å². The van der Waals surface area contributed by atoms with E-state index in [9.17, 15) is 9.18 Å². The summed E-state index contributed by atoms with van der Waals surface area (Å²) in [6, 6.07) is 5.41. The van der Waals surface area contributed by atoms with Crippen LogP contribution < -0.4 is 10.6 Å². The maximum atomic E-state index is 13.4. The molecule has 1 aromatic carbocycles. The number of nitrogens with one attached hydrogen (secondary N) is 2. The van der Waals surface area contributed by atoms with E-state index in [1.807, 2.05) is 6.07 Å². The molecule has 0 aromatic heterocycles. The van der Waals surface area contributed by atoms with Crippen molar-refractivity contribution < 1.29 is 9.18 Å². The second kappa shape index (κ2) is 6.81. The van der Waals surface area contributed by atoms with Crippen molar-refractivity contribution >= 4 is 5.91 Å². The maximum Gasteiger partial charge on any atom is 0.234 e. The van der Waals surface area contributed by atoms with E-state index < -0.39 is 0 Å². The monoisotopic (exact) mass is 279 g/mol. The van der Waals surface area contributed by atoms with Gasteiger partial charge >= 0.3 is 0 Å². The molecule has 2 N–H and O–H groups in total. The van der Waals surface area contributed by atoms with Crippen molar-refractivity contribution in [1.82, 2.24) is 15.5 Å². The molecule has 110 valence electrons. The lowest BCUT2D eigenvalue weighted by molar-refractivity contribution is -0.123. The van der Waals surface area contributed by atoms with Crippen molar-refractivity contribution in [2.75, 3.05) is 26.2 Å². The highest BCUT2D eigenvalue weighted by Crippen LogP contribution is 2.09. The first-order chi connectivity index (χ1) is 9.56. The number of amides is 1. The Labute approximate surface area is 119 Å². The van der Waals surface area contributed by atoms with Gasteiger partial charge in [0.2, 0.25) is 5.91 Å². The first-order valence-corrected chi connectivity index (χ1v) is 7.03. The van der Waals surface area contributed by atoms with Gasteiger partial charge in [-0.2, -0.15) is 0 Å². The smallest absolute Gasteiger partial charge is 0.234 e. The highest BCUT2D eigenvalue weighted by atomic mass is 19.1. The Morgan fingerprint density at radius 2 is 2.35 bits per heavy atom. The summed E-state index contributed by atoms with van der Waals surface area (Å²) in [5.41, 5.74) is 1.41. The van der Waals surface area contributed by atoms with E-state index in [1.165, 1.54) is 6.07 Å². The fourth-order valence-corrected chi connectivity index (χ4v) is 2.31. The molecule has 0 aliphatic carbocycles. The molecule has 0 bridgehead atoms. The van der Waals surface area contributed by atoms with Crippen LogP contribution in [0.5, 0.6) is 0 Å². The summed E-state index contributed by atoms with van der Waals surface area (Å²) >= 11 is 0. The van der Waals surface area contributed by atoms with E-state index >= 15 is 0 Å².